The summed E-state index contributed by atoms with van der Waals surface area (Å²) in [6.45, 7) is 11.6. The molecule has 1 aliphatic heterocycles. The van der Waals surface area contributed by atoms with Crippen molar-refractivity contribution in [3.05, 3.63) is 28.2 Å². The maximum Gasteiger partial charge on any atom is 0.0723 e. The Morgan fingerprint density at radius 1 is 1.43 bits per heavy atom. The summed E-state index contributed by atoms with van der Waals surface area (Å²) in [5.74, 6) is 0. The molecule has 0 amide bonds. The number of ether oxygens (including phenoxy) is 1. The fraction of sp³-hybridized carbons (Fsp3) is 0.647. The van der Waals surface area contributed by atoms with E-state index < -0.39 is 0 Å². The first-order valence-corrected chi connectivity index (χ1v) is 8.73. The number of anilines is 1. The summed E-state index contributed by atoms with van der Waals surface area (Å²) >= 11 is 3.76. The van der Waals surface area contributed by atoms with Gasteiger partial charge in [-0.1, -0.05) is 13.0 Å². The predicted octanol–water partition coefficient (Wildman–Crippen LogP) is 4.12. The predicted molar refractivity (Wildman–Crippen MR) is 93.1 cm³/mol. The number of benzene rings is 1. The highest BCUT2D eigenvalue weighted by atomic mass is 79.9. The zero-order valence-corrected chi connectivity index (χ0v) is 15.1. The molecule has 2 rings (SSSR count). The normalized spacial score (nSPS) is 24.1. The van der Waals surface area contributed by atoms with Gasteiger partial charge in [-0.3, -0.25) is 0 Å². The summed E-state index contributed by atoms with van der Waals surface area (Å²) in [5.41, 5.74) is 2.59. The topological polar surface area (TPSA) is 24.5 Å². The van der Waals surface area contributed by atoms with Crippen LogP contribution in [0.3, 0.4) is 0 Å². The van der Waals surface area contributed by atoms with Crippen LogP contribution in [-0.4, -0.2) is 31.8 Å². The SMILES string of the molecule is CCCNC(C)c1ccc(N2CC(C)OCC2C)c(Br)c1. The third-order valence-electron chi connectivity index (χ3n) is 4.09. The molecule has 1 fully saturated rings. The first-order valence-electron chi connectivity index (χ1n) is 7.94. The van der Waals surface area contributed by atoms with Gasteiger partial charge in [0, 0.05) is 23.1 Å². The van der Waals surface area contributed by atoms with Gasteiger partial charge in [0.1, 0.15) is 0 Å². The Kier molecular flexibility index (Phi) is 6.08. The van der Waals surface area contributed by atoms with Gasteiger partial charge < -0.3 is 15.0 Å². The van der Waals surface area contributed by atoms with Gasteiger partial charge in [-0.25, -0.2) is 0 Å². The monoisotopic (exact) mass is 354 g/mol. The molecule has 0 saturated carbocycles. The minimum atomic E-state index is 0.290. The van der Waals surface area contributed by atoms with E-state index in [-0.39, 0.29) is 6.10 Å². The second-order valence-electron chi connectivity index (χ2n) is 6.03. The molecule has 4 heteroatoms. The summed E-state index contributed by atoms with van der Waals surface area (Å²) < 4.78 is 6.89. The van der Waals surface area contributed by atoms with Crippen molar-refractivity contribution in [2.75, 3.05) is 24.6 Å². The third kappa shape index (κ3) is 4.21. The fourth-order valence-electron chi connectivity index (χ4n) is 2.74. The van der Waals surface area contributed by atoms with Gasteiger partial charge in [0.25, 0.3) is 0 Å². The summed E-state index contributed by atoms with van der Waals surface area (Å²) in [4.78, 5) is 2.44. The Balaban J connectivity index is 2.15. The van der Waals surface area contributed by atoms with Gasteiger partial charge in [-0.15, -0.1) is 0 Å². The summed E-state index contributed by atoms with van der Waals surface area (Å²) in [7, 11) is 0. The molecule has 1 heterocycles. The highest BCUT2D eigenvalue weighted by Gasteiger charge is 2.25. The van der Waals surface area contributed by atoms with E-state index in [4.69, 9.17) is 4.74 Å². The van der Waals surface area contributed by atoms with E-state index in [1.807, 2.05) is 0 Å². The average Bonchev–Trinajstić information content (AvgIpc) is 2.47. The lowest BCUT2D eigenvalue weighted by molar-refractivity contribution is 0.0343. The smallest absolute Gasteiger partial charge is 0.0723 e. The highest BCUT2D eigenvalue weighted by Crippen LogP contribution is 2.32. The van der Waals surface area contributed by atoms with E-state index in [0.717, 1.165) is 26.1 Å². The average molecular weight is 355 g/mol. The summed E-state index contributed by atoms with van der Waals surface area (Å²) in [6.07, 6.45) is 1.45. The highest BCUT2D eigenvalue weighted by molar-refractivity contribution is 9.10. The van der Waals surface area contributed by atoms with Crippen molar-refractivity contribution >= 4 is 21.6 Å². The molecule has 1 aromatic carbocycles. The van der Waals surface area contributed by atoms with Gasteiger partial charge in [-0.05, 0) is 67.4 Å². The van der Waals surface area contributed by atoms with Crippen molar-refractivity contribution in [3.63, 3.8) is 0 Å². The lowest BCUT2D eigenvalue weighted by Crippen LogP contribution is -2.47. The zero-order valence-electron chi connectivity index (χ0n) is 13.5. The third-order valence-corrected chi connectivity index (χ3v) is 4.72. The minimum Gasteiger partial charge on any atom is -0.375 e. The quantitative estimate of drug-likeness (QED) is 0.860. The lowest BCUT2D eigenvalue weighted by atomic mass is 10.1. The van der Waals surface area contributed by atoms with E-state index in [9.17, 15) is 0 Å². The Bertz CT molecular complexity index is 466. The second-order valence-corrected chi connectivity index (χ2v) is 6.89. The number of halogens is 1. The molecule has 3 unspecified atom stereocenters. The van der Waals surface area contributed by atoms with Crippen molar-refractivity contribution in [1.82, 2.24) is 5.32 Å². The van der Waals surface area contributed by atoms with Gasteiger partial charge >= 0.3 is 0 Å². The van der Waals surface area contributed by atoms with E-state index in [1.165, 1.54) is 15.7 Å². The summed E-state index contributed by atoms with van der Waals surface area (Å²) in [6, 6.07) is 7.52. The second kappa shape index (κ2) is 7.61. The molecule has 1 N–H and O–H groups in total. The fourth-order valence-corrected chi connectivity index (χ4v) is 3.37. The number of rotatable bonds is 5. The van der Waals surface area contributed by atoms with E-state index in [1.54, 1.807) is 0 Å². The Hall–Kier alpha value is -0.580. The van der Waals surface area contributed by atoms with Crippen molar-refractivity contribution in [2.45, 2.75) is 52.3 Å². The van der Waals surface area contributed by atoms with Crippen molar-refractivity contribution in [1.29, 1.82) is 0 Å². The molecule has 0 bridgehead atoms. The van der Waals surface area contributed by atoms with Crippen molar-refractivity contribution in [3.8, 4) is 0 Å². The molecule has 0 radical (unpaired) electrons. The molecular weight excluding hydrogens is 328 g/mol. The van der Waals surface area contributed by atoms with Crippen LogP contribution in [-0.2, 0) is 4.74 Å². The Morgan fingerprint density at radius 3 is 2.86 bits per heavy atom. The minimum absolute atomic E-state index is 0.290. The van der Waals surface area contributed by atoms with Gasteiger partial charge in [0.05, 0.1) is 18.4 Å². The molecule has 1 saturated heterocycles. The molecule has 3 nitrogen and oxygen atoms in total. The first-order chi connectivity index (χ1) is 10.0. The molecule has 118 valence electrons. The van der Waals surface area contributed by atoms with Crippen LogP contribution in [0, 0.1) is 0 Å². The number of hydrogen-bond acceptors (Lipinski definition) is 3. The van der Waals surface area contributed by atoms with E-state index in [2.05, 4.69) is 72.0 Å². The van der Waals surface area contributed by atoms with Gasteiger partial charge in [0.15, 0.2) is 0 Å². The van der Waals surface area contributed by atoms with Crippen LogP contribution >= 0.6 is 15.9 Å². The number of nitrogens with zero attached hydrogens (tertiary/aromatic N) is 1. The van der Waals surface area contributed by atoms with Gasteiger partial charge in [0.2, 0.25) is 0 Å². The van der Waals surface area contributed by atoms with Crippen LogP contribution in [0.5, 0.6) is 0 Å². The van der Waals surface area contributed by atoms with Crippen LogP contribution in [0.1, 0.15) is 45.7 Å². The maximum absolute atomic E-state index is 5.72. The van der Waals surface area contributed by atoms with E-state index >= 15 is 0 Å². The number of morpholine rings is 1. The van der Waals surface area contributed by atoms with Crippen molar-refractivity contribution in [2.24, 2.45) is 0 Å². The largest absolute Gasteiger partial charge is 0.375 e. The Labute approximate surface area is 137 Å². The van der Waals surface area contributed by atoms with Crippen LogP contribution in [0.4, 0.5) is 5.69 Å². The van der Waals surface area contributed by atoms with Crippen LogP contribution in [0.25, 0.3) is 0 Å². The van der Waals surface area contributed by atoms with Crippen LogP contribution in [0.2, 0.25) is 0 Å². The molecule has 0 spiro atoms. The Morgan fingerprint density at radius 2 is 2.19 bits per heavy atom. The standard InChI is InChI=1S/C17H27BrN2O/c1-5-8-19-14(4)15-6-7-17(16(18)9-15)20-10-13(3)21-11-12(20)2/h6-7,9,12-14,19H,5,8,10-11H2,1-4H3. The molecule has 1 aromatic rings. The van der Waals surface area contributed by atoms with Crippen molar-refractivity contribution < 1.29 is 4.74 Å². The molecule has 0 aliphatic carbocycles. The maximum atomic E-state index is 5.72. The number of nitrogens with one attached hydrogen (secondary N) is 1. The zero-order chi connectivity index (χ0) is 15.4. The number of hydrogen-bond donors (Lipinski definition) is 1. The lowest BCUT2D eigenvalue weighted by Gasteiger charge is -2.39. The molecule has 3 atom stereocenters. The molecule has 0 aromatic heterocycles. The van der Waals surface area contributed by atoms with Crippen LogP contribution in [0.15, 0.2) is 22.7 Å². The van der Waals surface area contributed by atoms with Crippen LogP contribution < -0.4 is 10.2 Å². The summed E-state index contributed by atoms with van der Waals surface area (Å²) in [5, 5.41) is 3.54. The molecule has 21 heavy (non-hydrogen) atoms. The molecular formula is C17H27BrN2O. The first kappa shape index (κ1) is 16.8. The molecule has 1 aliphatic rings. The van der Waals surface area contributed by atoms with E-state index in [0.29, 0.717) is 12.1 Å². The van der Waals surface area contributed by atoms with Gasteiger partial charge in [-0.2, -0.15) is 0 Å².